The maximum Gasteiger partial charge on any atom is 0.236 e. The second kappa shape index (κ2) is 8.89. The van der Waals surface area contributed by atoms with E-state index in [-0.39, 0.29) is 16.8 Å². The van der Waals surface area contributed by atoms with E-state index in [0.717, 1.165) is 0 Å². The number of carbonyl (C=O) groups excluding carboxylic acids is 2. The number of halogens is 4. The number of carbonyl (C=O) groups is 2. The molecule has 0 aliphatic rings. The van der Waals surface area contributed by atoms with Crippen LogP contribution in [0.3, 0.4) is 0 Å². The summed E-state index contributed by atoms with van der Waals surface area (Å²) in [6.45, 7) is 1.47. The molecule has 10 heteroatoms. The molecule has 0 saturated heterocycles. The third kappa shape index (κ3) is 7.10. The number of thiocarbonyl (C=S) groups is 1. The number of hydrogen-bond donors (Lipinski definition) is 3. The van der Waals surface area contributed by atoms with Crippen LogP contribution < -0.4 is 16.0 Å². The number of rotatable bonds is 5. The van der Waals surface area contributed by atoms with Gasteiger partial charge in [-0.15, -0.1) is 11.6 Å². The number of ketones is 1. The van der Waals surface area contributed by atoms with Crippen molar-refractivity contribution in [2.75, 3.05) is 11.2 Å². The van der Waals surface area contributed by atoms with Crippen LogP contribution in [0.25, 0.3) is 0 Å². The molecule has 0 aromatic heterocycles. The molecule has 0 bridgehead atoms. The maximum atomic E-state index is 11.4. The van der Waals surface area contributed by atoms with Gasteiger partial charge in [0.1, 0.15) is 12.0 Å². The molecule has 5 nitrogen and oxygen atoms in total. The predicted octanol–water partition coefficient (Wildman–Crippen LogP) is 3.23. The average molecular weight is 417 g/mol. The van der Waals surface area contributed by atoms with Gasteiger partial charge in [-0.3, -0.25) is 9.59 Å². The van der Waals surface area contributed by atoms with Crippen molar-refractivity contribution in [1.29, 1.82) is 0 Å². The monoisotopic (exact) mass is 415 g/mol. The smallest absolute Gasteiger partial charge is 0.236 e. The molecule has 0 aliphatic heterocycles. The lowest BCUT2D eigenvalue weighted by atomic mass is 10.1. The Kier molecular flexibility index (Phi) is 7.83. The Morgan fingerprint density at radius 3 is 2.17 bits per heavy atom. The number of Topliss-reactive ketones (excluding diaryl/α,β-unsaturated/α-hetero) is 1. The molecule has 1 aromatic rings. The summed E-state index contributed by atoms with van der Waals surface area (Å²) in [5, 5.41) is 8.04. The number of benzene rings is 1. The van der Waals surface area contributed by atoms with Gasteiger partial charge in [0.15, 0.2) is 10.9 Å². The normalized spacial score (nSPS) is 12.2. The van der Waals surface area contributed by atoms with Crippen molar-refractivity contribution < 1.29 is 9.59 Å². The number of amides is 1. The van der Waals surface area contributed by atoms with Gasteiger partial charge in [-0.1, -0.05) is 34.8 Å². The quantitative estimate of drug-likeness (QED) is 0.297. The summed E-state index contributed by atoms with van der Waals surface area (Å²) in [5.74, 6) is -0.854. The van der Waals surface area contributed by atoms with Gasteiger partial charge in [0.25, 0.3) is 0 Å². The molecule has 0 radical (unpaired) electrons. The third-order valence-electron chi connectivity index (χ3n) is 2.58. The lowest BCUT2D eigenvalue weighted by Crippen LogP contribution is -2.56. The van der Waals surface area contributed by atoms with Crippen LogP contribution in [-0.2, 0) is 4.79 Å². The number of anilines is 1. The zero-order chi connectivity index (χ0) is 17.6. The van der Waals surface area contributed by atoms with E-state index >= 15 is 0 Å². The van der Waals surface area contributed by atoms with Gasteiger partial charge < -0.3 is 16.0 Å². The standard InChI is InChI=1S/C13H13Cl4N3O2S/c1-7(21)8-2-4-9(5-3-8)18-12(23)20-11(13(15,16)17)19-10(22)6-14/h2-5,11H,6H2,1H3,(H,19,22)(H2,18,20,23)/t11-/m1/s1. The Labute approximate surface area is 159 Å². The van der Waals surface area contributed by atoms with Crippen LogP contribution in [0.2, 0.25) is 0 Å². The van der Waals surface area contributed by atoms with E-state index in [4.69, 9.17) is 58.6 Å². The van der Waals surface area contributed by atoms with Gasteiger partial charge in [-0.25, -0.2) is 0 Å². The largest absolute Gasteiger partial charge is 0.339 e. The van der Waals surface area contributed by atoms with Crippen LogP contribution >= 0.6 is 58.6 Å². The van der Waals surface area contributed by atoms with E-state index in [1.165, 1.54) is 6.92 Å². The highest BCUT2D eigenvalue weighted by atomic mass is 35.6. The van der Waals surface area contributed by atoms with Crippen molar-refractivity contribution in [3.63, 3.8) is 0 Å². The van der Waals surface area contributed by atoms with E-state index in [9.17, 15) is 9.59 Å². The lowest BCUT2D eigenvalue weighted by molar-refractivity contribution is -0.119. The molecule has 1 aromatic carbocycles. The first kappa shape index (κ1) is 20.3. The lowest BCUT2D eigenvalue weighted by Gasteiger charge is -2.27. The van der Waals surface area contributed by atoms with Crippen LogP contribution in [0, 0.1) is 0 Å². The van der Waals surface area contributed by atoms with Gasteiger partial charge in [0, 0.05) is 11.3 Å². The Hall–Kier alpha value is -0.790. The molecule has 3 N–H and O–H groups in total. The summed E-state index contributed by atoms with van der Waals surface area (Å²) < 4.78 is -1.84. The summed E-state index contributed by atoms with van der Waals surface area (Å²) in [4.78, 5) is 22.6. The van der Waals surface area contributed by atoms with Crippen molar-refractivity contribution in [3.05, 3.63) is 29.8 Å². The van der Waals surface area contributed by atoms with Crippen molar-refractivity contribution in [1.82, 2.24) is 10.6 Å². The topological polar surface area (TPSA) is 70.2 Å². The zero-order valence-corrected chi connectivity index (χ0v) is 15.7. The fraction of sp³-hybridized carbons (Fsp3) is 0.308. The zero-order valence-electron chi connectivity index (χ0n) is 11.8. The van der Waals surface area contributed by atoms with Crippen molar-refractivity contribution in [2.45, 2.75) is 16.9 Å². The molecular weight excluding hydrogens is 404 g/mol. The molecule has 0 heterocycles. The van der Waals surface area contributed by atoms with Gasteiger partial charge >= 0.3 is 0 Å². The van der Waals surface area contributed by atoms with Gasteiger partial charge in [-0.05, 0) is 43.4 Å². The molecule has 126 valence electrons. The Morgan fingerprint density at radius 2 is 1.74 bits per heavy atom. The van der Waals surface area contributed by atoms with Crippen LogP contribution in [0.1, 0.15) is 17.3 Å². The van der Waals surface area contributed by atoms with Crippen LogP contribution in [0.15, 0.2) is 24.3 Å². The molecule has 1 atom stereocenters. The molecular formula is C13H13Cl4N3O2S. The van der Waals surface area contributed by atoms with Gasteiger partial charge in [0.05, 0.1) is 0 Å². The molecule has 1 rings (SSSR count). The molecule has 23 heavy (non-hydrogen) atoms. The van der Waals surface area contributed by atoms with Crippen molar-refractivity contribution >= 4 is 81.1 Å². The first-order valence-electron chi connectivity index (χ1n) is 6.24. The molecule has 0 spiro atoms. The summed E-state index contributed by atoms with van der Waals surface area (Å²) >= 11 is 27.9. The SMILES string of the molecule is CC(=O)c1ccc(NC(=S)N[C@@H](NC(=O)CCl)C(Cl)(Cl)Cl)cc1. The first-order valence-corrected chi connectivity index (χ1v) is 8.31. The molecule has 1 amide bonds. The van der Waals surface area contributed by atoms with E-state index in [0.29, 0.717) is 11.3 Å². The van der Waals surface area contributed by atoms with E-state index in [1.54, 1.807) is 24.3 Å². The third-order valence-corrected chi connectivity index (χ3v) is 3.70. The number of nitrogens with one attached hydrogen (secondary N) is 3. The predicted molar refractivity (Wildman–Crippen MR) is 98.7 cm³/mol. The fourth-order valence-corrected chi connectivity index (χ4v) is 2.13. The first-order chi connectivity index (χ1) is 10.6. The number of hydrogen-bond acceptors (Lipinski definition) is 3. The maximum absolute atomic E-state index is 11.4. The number of alkyl halides is 4. The summed E-state index contributed by atoms with van der Waals surface area (Å²) in [7, 11) is 0. The second-order valence-corrected chi connectivity index (χ2v) is 7.45. The van der Waals surface area contributed by atoms with Crippen LogP contribution in [-0.4, -0.2) is 32.6 Å². The van der Waals surface area contributed by atoms with E-state index in [2.05, 4.69) is 16.0 Å². The minimum absolute atomic E-state index is 0.0442. The highest BCUT2D eigenvalue weighted by Crippen LogP contribution is 2.29. The van der Waals surface area contributed by atoms with Crippen LogP contribution in [0.4, 0.5) is 5.69 Å². The van der Waals surface area contributed by atoms with Crippen molar-refractivity contribution in [3.8, 4) is 0 Å². The minimum Gasteiger partial charge on any atom is -0.339 e. The molecule has 0 fully saturated rings. The summed E-state index contributed by atoms with van der Waals surface area (Å²) in [5.41, 5.74) is 1.20. The average Bonchev–Trinajstić information content (AvgIpc) is 2.45. The van der Waals surface area contributed by atoms with Crippen LogP contribution in [0.5, 0.6) is 0 Å². The van der Waals surface area contributed by atoms with Crippen molar-refractivity contribution in [2.24, 2.45) is 0 Å². The van der Waals surface area contributed by atoms with E-state index in [1.807, 2.05) is 0 Å². The molecule has 0 saturated carbocycles. The second-order valence-electron chi connectivity index (χ2n) is 4.41. The highest BCUT2D eigenvalue weighted by Gasteiger charge is 2.34. The highest BCUT2D eigenvalue weighted by molar-refractivity contribution is 7.80. The van der Waals surface area contributed by atoms with E-state index < -0.39 is 15.9 Å². The Bertz CT molecular complexity index is 590. The van der Waals surface area contributed by atoms with Gasteiger partial charge in [-0.2, -0.15) is 0 Å². The summed E-state index contributed by atoms with van der Waals surface area (Å²) in [6, 6.07) is 6.64. The Morgan fingerprint density at radius 1 is 1.17 bits per heavy atom. The molecule has 0 aliphatic carbocycles. The molecule has 0 unspecified atom stereocenters. The van der Waals surface area contributed by atoms with Gasteiger partial charge in [0.2, 0.25) is 9.70 Å². The Balaban J connectivity index is 2.71. The minimum atomic E-state index is -1.84. The fourth-order valence-electron chi connectivity index (χ4n) is 1.49. The summed E-state index contributed by atoms with van der Waals surface area (Å²) in [6.07, 6.45) is -1.07.